The second-order valence-electron chi connectivity index (χ2n) is 8.16. The van der Waals surface area contributed by atoms with Crippen LogP contribution in [0.3, 0.4) is 0 Å². The third-order valence-electron chi connectivity index (χ3n) is 5.18. The predicted octanol–water partition coefficient (Wildman–Crippen LogP) is 3.55. The molecule has 1 amide bonds. The van der Waals surface area contributed by atoms with Gasteiger partial charge in [-0.1, -0.05) is 13.8 Å². The van der Waals surface area contributed by atoms with Crippen LogP contribution >= 0.6 is 0 Å². The quantitative estimate of drug-likeness (QED) is 0.388. The number of benzene rings is 1. The molecular weight excluding hydrogens is 442 g/mol. The van der Waals surface area contributed by atoms with Crippen LogP contribution in [0.25, 0.3) is 11.1 Å². The molecule has 0 spiro atoms. The summed E-state index contributed by atoms with van der Waals surface area (Å²) < 4.78 is 35.6. The molecule has 5 N–H and O–H groups in total. The van der Waals surface area contributed by atoms with E-state index in [1.54, 1.807) is 0 Å². The van der Waals surface area contributed by atoms with Crippen molar-refractivity contribution in [1.82, 2.24) is 15.4 Å². The van der Waals surface area contributed by atoms with Crippen LogP contribution in [-0.4, -0.2) is 35.6 Å². The van der Waals surface area contributed by atoms with E-state index in [9.17, 15) is 9.18 Å². The molecule has 0 saturated carbocycles. The van der Waals surface area contributed by atoms with Crippen LogP contribution in [0.5, 0.6) is 5.75 Å². The zero-order chi connectivity index (χ0) is 24.8. The Bertz CT molecular complexity index is 1140. The van der Waals surface area contributed by atoms with Gasteiger partial charge in [-0.25, -0.2) is 19.2 Å². The number of carbonyl (C=O) groups is 1. The van der Waals surface area contributed by atoms with Gasteiger partial charge in [0.25, 0.3) is 0 Å². The molecule has 0 aliphatic rings. The number of hydrogen-bond donors (Lipinski definition) is 3. The number of rotatable bonds is 10. The Hall–Kier alpha value is -3.63. The lowest BCUT2D eigenvalue weighted by Gasteiger charge is -2.30. The van der Waals surface area contributed by atoms with Gasteiger partial charge in [0, 0.05) is 42.2 Å². The smallest absolute Gasteiger partial charge is 0.250 e. The first-order valence-electron chi connectivity index (χ1n) is 10.7. The average molecular weight is 471 g/mol. The minimum atomic E-state index is -0.715. The lowest BCUT2D eigenvalue weighted by molar-refractivity contribution is 0.1000. The van der Waals surface area contributed by atoms with Gasteiger partial charge < -0.3 is 16.2 Å². The molecule has 10 heteroatoms. The minimum absolute atomic E-state index is 0.00856. The monoisotopic (exact) mass is 470 g/mol. The lowest BCUT2D eigenvalue weighted by atomic mass is 10.0. The predicted molar refractivity (Wildman–Crippen MR) is 126 cm³/mol. The Kier molecular flexibility index (Phi) is 8.08. The van der Waals surface area contributed by atoms with Crippen LogP contribution in [0.2, 0.25) is 0 Å². The summed E-state index contributed by atoms with van der Waals surface area (Å²) in [5.41, 5.74) is 14.7. The molecule has 180 valence electrons. The summed E-state index contributed by atoms with van der Waals surface area (Å²) in [7, 11) is 1.42. The van der Waals surface area contributed by atoms with E-state index >= 15 is 4.39 Å². The number of pyridine rings is 2. The molecular formula is C24H28F2N6O2. The van der Waals surface area contributed by atoms with Gasteiger partial charge in [-0.15, -0.1) is 0 Å². The molecule has 2 aromatic heterocycles. The maximum Gasteiger partial charge on any atom is 0.250 e. The van der Waals surface area contributed by atoms with Crippen molar-refractivity contribution in [2.75, 3.05) is 18.7 Å². The number of carbonyl (C=O) groups excluding carboxylic acids is 1. The highest BCUT2D eigenvalue weighted by Gasteiger charge is 2.23. The van der Waals surface area contributed by atoms with Gasteiger partial charge >= 0.3 is 0 Å². The van der Waals surface area contributed by atoms with E-state index in [1.165, 1.54) is 61.0 Å². The minimum Gasteiger partial charge on any atom is -0.497 e. The molecule has 0 fully saturated rings. The van der Waals surface area contributed by atoms with E-state index in [0.717, 1.165) is 0 Å². The van der Waals surface area contributed by atoms with E-state index < -0.39 is 17.5 Å². The average Bonchev–Trinajstić information content (AvgIpc) is 2.82. The first-order chi connectivity index (χ1) is 16.2. The van der Waals surface area contributed by atoms with E-state index in [4.69, 9.17) is 16.2 Å². The molecule has 2 heterocycles. The molecule has 0 aliphatic heterocycles. The normalized spacial score (nSPS) is 12.0. The standard InChI is InChI=1S/C24H28F2N6O2/c1-14(2)8-16(10-27)31-32(22-7-4-15(11-30-22)24(28)33)21-13-29-12-19(23(21)26)18-6-5-17(34-3)9-20(18)25/h4-7,9,11-14,16,31H,8,10,27H2,1-3H3,(H2,28,33)/t16-/m1/s1. The number of nitrogens with two attached hydrogens (primary N) is 2. The van der Waals surface area contributed by atoms with Crippen molar-refractivity contribution in [3.8, 4) is 16.9 Å². The number of nitrogens with one attached hydrogen (secondary N) is 1. The molecule has 0 aliphatic carbocycles. The molecule has 0 unspecified atom stereocenters. The molecule has 34 heavy (non-hydrogen) atoms. The van der Waals surface area contributed by atoms with Gasteiger partial charge in [-0.3, -0.25) is 14.8 Å². The highest BCUT2D eigenvalue weighted by molar-refractivity contribution is 5.92. The van der Waals surface area contributed by atoms with Crippen molar-refractivity contribution >= 4 is 17.4 Å². The number of amides is 1. The van der Waals surface area contributed by atoms with Crippen molar-refractivity contribution in [3.63, 3.8) is 0 Å². The number of aromatic nitrogens is 2. The Balaban J connectivity index is 2.10. The van der Waals surface area contributed by atoms with Crippen LogP contribution in [0.15, 0.2) is 48.9 Å². The van der Waals surface area contributed by atoms with Gasteiger partial charge in [0.1, 0.15) is 23.1 Å². The van der Waals surface area contributed by atoms with Crippen LogP contribution in [0.4, 0.5) is 20.3 Å². The topological polar surface area (TPSA) is 119 Å². The fraction of sp³-hybridized carbons (Fsp3) is 0.292. The molecule has 0 radical (unpaired) electrons. The first kappa shape index (κ1) is 25.0. The highest BCUT2D eigenvalue weighted by atomic mass is 19.1. The fourth-order valence-corrected chi connectivity index (χ4v) is 3.50. The largest absolute Gasteiger partial charge is 0.497 e. The third kappa shape index (κ3) is 5.64. The zero-order valence-electron chi connectivity index (χ0n) is 19.3. The summed E-state index contributed by atoms with van der Waals surface area (Å²) in [6, 6.07) is 6.93. The van der Waals surface area contributed by atoms with Crippen LogP contribution in [0, 0.1) is 17.6 Å². The van der Waals surface area contributed by atoms with Crippen molar-refractivity contribution in [3.05, 3.63) is 66.1 Å². The van der Waals surface area contributed by atoms with Crippen LogP contribution in [-0.2, 0) is 0 Å². The van der Waals surface area contributed by atoms with Gasteiger partial charge in [-0.2, -0.15) is 0 Å². The number of hydrogen-bond acceptors (Lipinski definition) is 7. The Morgan fingerprint density at radius 3 is 2.47 bits per heavy atom. The number of ether oxygens (including phenoxy) is 1. The molecule has 3 aromatic rings. The Morgan fingerprint density at radius 2 is 1.91 bits per heavy atom. The lowest BCUT2D eigenvalue weighted by Crippen LogP contribution is -2.47. The van der Waals surface area contributed by atoms with Crippen LogP contribution < -0.4 is 26.6 Å². The van der Waals surface area contributed by atoms with Gasteiger partial charge in [-0.05, 0) is 36.6 Å². The van der Waals surface area contributed by atoms with E-state index in [2.05, 4.69) is 15.4 Å². The van der Waals surface area contributed by atoms with Crippen molar-refractivity contribution < 1.29 is 18.3 Å². The molecule has 3 rings (SSSR count). The molecule has 1 atom stereocenters. The van der Waals surface area contributed by atoms with E-state index in [-0.39, 0.29) is 40.8 Å². The summed E-state index contributed by atoms with van der Waals surface area (Å²) in [6.07, 6.45) is 4.55. The Morgan fingerprint density at radius 1 is 1.15 bits per heavy atom. The van der Waals surface area contributed by atoms with E-state index in [1.807, 2.05) is 13.8 Å². The molecule has 0 saturated heterocycles. The van der Waals surface area contributed by atoms with Gasteiger partial charge in [0.2, 0.25) is 5.91 Å². The number of methoxy groups -OCH3 is 1. The molecule has 0 bridgehead atoms. The number of nitrogens with zero attached hydrogens (tertiary/aromatic N) is 3. The number of hydrazine groups is 1. The van der Waals surface area contributed by atoms with Crippen LogP contribution in [0.1, 0.15) is 30.6 Å². The number of primary amides is 1. The number of anilines is 2. The molecule has 1 aromatic carbocycles. The summed E-state index contributed by atoms with van der Waals surface area (Å²) in [4.78, 5) is 19.9. The summed E-state index contributed by atoms with van der Waals surface area (Å²) in [5.74, 6) is -1.10. The maximum atomic E-state index is 15.8. The second kappa shape index (κ2) is 11.0. The fourth-order valence-electron chi connectivity index (χ4n) is 3.50. The van der Waals surface area contributed by atoms with E-state index in [0.29, 0.717) is 18.1 Å². The third-order valence-corrected chi connectivity index (χ3v) is 5.18. The summed E-state index contributed by atoms with van der Waals surface area (Å²) in [6.45, 7) is 4.36. The highest BCUT2D eigenvalue weighted by Crippen LogP contribution is 2.34. The van der Waals surface area contributed by atoms with Gasteiger partial charge in [0.05, 0.1) is 18.9 Å². The SMILES string of the molecule is COc1ccc(-c2cncc(N(N[C@@H](CN)CC(C)C)c3ccc(C(N)=O)cn3)c2F)c(F)c1. The zero-order valence-corrected chi connectivity index (χ0v) is 19.3. The van der Waals surface area contributed by atoms with Crippen molar-refractivity contribution in [2.24, 2.45) is 17.4 Å². The number of halogens is 2. The van der Waals surface area contributed by atoms with Crippen molar-refractivity contribution in [2.45, 2.75) is 26.3 Å². The second-order valence-corrected chi connectivity index (χ2v) is 8.16. The van der Waals surface area contributed by atoms with Crippen molar-refractivity contribution in [1.29, 1.82) is 0 Å². The summed E-state index contributed by atoms with van der Waals surface area (Å²) in [5, 5.41) is 1.40. The Labute approximate surface area is 196 Å². The van der Waals surface area contributed by atoms with Gasteiger partial charge in [0.15, 0.2) is 5.82 Å². The summed E-state index contributed by atoms with van der Waals surface area (Å²) >= 11 is 0. The molecule has 8 nitrogen and oxygen atoms in total. The maximum absolute atomic E-state index is 15.8. The first-order valence-corrected chi connectivity index (χ1v) is 10.7.